The van der Waals surface area contributed by atoms with Crippen LogP contribution >= 0.6 is 0 Å². The van der Waals surface area contributed by atoms with Crippen molar-refractivity contribution in [3.05, 3.63) is 0 Å². The Morgan fingerprint density at radius 1 is 0.944 bits per heavy atom. The van der Waals surface area contributed by atoms with Crippen molar-refractivity contribution >= 4 is 25.9 Å². The van der Waals surface area contributed by atoms with Crippen LogP contribution in [-0.4, -0.2) is 51.0 Å². The molecule has 0 bridgehead atoms. The Kier molecular flexibility index (Phi) is 9.04. The number of rotatable bonds is 7. The van der Waals surface area contributed by atoms with Crippen LogP contribution in [0.2, 0.25) is 6.04 Å². The maximum atomic E-state index is 6.16. The van der Waals surface area contributed by atoms with Gasteiger partial charge in [0.25, 0.3) is 0 Å². The summed E-state index contributed by atoms with van der Waals surface area (Å²) >= 11 is 0. The second kappa shape index (κ2) is 8.73. The molecule has 1 heterocycles. The molecule has 0 N–H and O–H groups in total. The molecule has 1 atom stereocenters. The third-order valence-corrected chi connectivity index (χ3v) is 8.44. The van der Waals surface area contributed by atoms with Gasteiger partial charge in [0.1, 0.15) is 5.22 Å². The minimum Gasteiger partial charge on any atom is -0.393 e. The van der Waals surface area contributed by atoms with Crippen molar-refractivity contribution < 1.29 is 13.6 Å². The van der Waals surface area contributed by atoms with Gasteiger partial charge in [-0.3, -0.25) is 0 Å². The topological polar surface area (TPSA) is 27.7 Å². The van der Waals surface area contributed by atoms with Gasteiger partial charge in [0, 0.05) is 19.8 Å². The zero-order valence-electron chi connectivity index (χ0n) is 11.9. The van der Waals surface area contributed by atoms with Gasteiger partial charge in [0.05, 0.1) is 0 Å². The Labute approximate surface area is 124 Å². The molecule has 1 aliphatic heterocycles. The lowest BCUT2D eigenvalue weighted by molar-refractivity contribution is -0.0426. The van der Waals surface area contributed by atoms with Crippen LogP contribution in [0.15, 0.2) is 0 Å². The Hall–Kier alpha value is 0.629. The Morgan fingerprint density at radius 3 is 2.00 bits per heavy atom. The molecule has 18 heavy (non-hydrogen) atoms. The molecule has 1 fully saturated rings. The van der Waals surface area contributed by atoms with Crippen molar-refractivity contribution in [2.45, 2.75) is 64.6 Å². The van der Waals surface area contributed by atoms with E-state index in [0.29, 0.717) is 0 Å². The van der Waals surface area contributed by atoms with Crippen molar-refractivity contribution in [1.29, 1.82) is 0 Å². The molecule has 1 unspecified atom stereocenters. The molecule has 1 rings (SSSR count). The minimum atomic E-state index is -2.21. The van der Waals surface area contributed by atoms with E-state index in [4.69, 9.17) is 13.6 Å². The van der Waals surface area contributed by atoms with Gasteiger partial charge in [-0.15, -0.1) is 0 Å². The first kappa shape index (κ1) is 18.6. The number of hydrogen-bond donors (Lipinski definition) is 0. The molecule has 1 saturated heterocycles. The van der Waals surface area contributed by atoms with E-state index in [1.807, 2.05) is 0 Å². The van der Waals surface area contributed by atoms with Crippen LogP contribution in [0.5, 0.6) is 0 Å². The molecule has 1 aliphatic rings. The van der Waals surface area contributed by atoms with Crippen LogP contribution < -0.4 is 0 Å². The van der Waals surface area contributed by atoms with Gasteiger partial charge >= 0.3 is 8.56 Å². The second-order valence-electron chi connectivity index (χ2n) is 4.61. The van der Waals surface area contributed by atoms with Gasteiger partial charge in [0.15, 0.2) is 17.4 Å². The first-order valence-electron chi connectivity index (χ1n) is 7.12. The van der Waals surface area contributed by atoms with Gasteiger partial charge in [-0.05, 0) is 39.7 Å². The summed E-state index contributed by atoms with van der Waals surface area (Å²) in [7, 11) is -2.21. The van der Waals surface area contributed by atoms with Crippen molar-refractivity contribution in [2.24, 2.45) is 0 Å². The fraction of sp³-hybridized carbons (Fsp3) is 1.00. The minimum absolute atomic E-state index is 0. The van der Waals surface area contributed by atoms with Gasteiger partial charge in [-0.1, -0.05) is 19.8 Å². The number of hydrogen-bond acceptors (Lipinski definition) is 3. The van der Waals surface area contributed by atoms with Crippen LogP contribution in [0, 0.1) is 0 Å². The Balaban J connectivity index is 0.00000289. The summed E-state index contributed by atoms with van der Waals surface area (Å²) in [5, 5.41) is -0.119. The normalized spacial score (nSPS) is 26.7. The largest absolute Gasteiger partial charge is 0.393 e. The maximum absolute atomic E-state index is 6.16. The van der Waals surface area contributed by atoms with Crippen molar-refractivity contribution in [3.63, 3.8) is 0 Å². The van der Waals surface area contributed by atoms with Crippen LogP contribution in [0.1, 0.15) is 53.4 Å². The van der Waals surface area contributed by atoms with E-state index < -0.39 is 8.56 Å². The molecule has 0 aliphatic carbocycles. The third-order valence-electron chi connectivity index (χ3n) is 3.78. The molecule has 0 aromatic carbocycles. The van der Waals surface area contributed by atoms with Crippen LogP contribution in [-0.2, 0) is 13.6 Å². The smallest absolute Gasteiger partial charge is 0.371 e. The van der Waals surface area contributed by atoms with E-state index >= 15 is 0 Å². The highest BCUT2D eigenvalue weighted by Gasteiger charge is 2.58. The van der Waals surface area contributed by atoms with E-state index in [1.54, 1.807) is 0 Å². The van der Waals surface area contributed by atoms with E-state index in [1.165, 1.54) is 12.8 Å². The summed E-state index contributed by atoms with van der Waals surface area (Å²) in [6.45, 7) is 10.6. The van der Waals surface area contributed by atoms with Crippen LogP contribution in [0.4, 0.5) is 0 Å². The van der Waals surface area contributed by atoms with Gasteiger partial charge < -0.3 is 13.6 Å². The highest BCUT2D eigenvalue weighted by atomic mass is 28.4. The monoisotopic (exact) mass is 290 g/mol. The third kappa shape index (κ3) is 3.59. The molecule has 108 valence electrons. The van der Waals surface area contributed by atoms with E-state index in [9.17, 15) is 0 Å². The summed E-state index contributed by atoms with van der Waals surface area (Å²) in [6.07, 6.45) is 4.57. The first-order valence-corrected chi connectivity index (χ1v) is 9.14. The first-order chi connectivity index (χ1) is 8.20. The van der Waals surface area contributed by atoms with Crippen molar-refractivity contribution in [1.82, 2.24) is 0 Å². The summed E-state index contributed by atoms with van der Waals surface area (Å²) in [5.41, 5.74) is 0. The molecule has 0 saturated carbocycles. The van der Waals surface area contributed by atoms with Gasteiger partial charge in [0.2, 0.25) is 0 Å². The highest BCUT2D eigenvalue weighted by molar-refractivity contribution is 6.70. The molecule has 0 aromatic rings. The molecule has 0 aromatic heterocycles. The zero-order valence-corrected chi connectivity index (χ0v) is 12.9. The van der Waals surface area contributed by atoms with Gasteiger partial charge in [-0.25, -0.2) is 0 Å². The van der Waals surface area contributed by atoms with Crippen LogP contribution in [0.25, 0.3) is 0 Å². The maximum Gasteiger partial charge on any atom is 0.371 e. The number of ether oxygens (including phenoxy) is 1. The van der Waals surface area contributed by atoms with E-state index in [2.05, 4.69) is 27.7 Å². The molecular weight excluding hydrogens is 259 g/mol. The molecular formula is C13H31AlO3Si. The van der Waals surface area contributed by atoms with Crippen molar-refractivity contribution in [2.75, 3.05) is 19.8 Å². The SMILES string of the molecule is CCOC1(CC)CCCC[Si]1(OCC)OCC.[AlH3]. The van der Waals surface area contributed by atoms with Gasteiger partial charge in [-0.2, -0.15) is 0 Å². The predicted molar refractivity (Wildman–Crippen MR) is 82.3 cm³/mol. The zero-order chi connectivity index (χ0) is 12.8. The highest BCUT2D eigenvalue weighted by Crippen LogP contribution is 2.42. The van der Waals surface area contributed by atoms with E-state index in [-0.39, 0.29) is 22.6 Å². The fourth-order valence-electron chi connectivity index (χ4n) is 3.11. The Bertz CT molecular complexity index is 213. The van der Waals surface area contributed by atoms with Crippen LogP contribution in [0.3, 0.4) is 0 Å². The fourth-order valence-corrected chi connectivity index (χ4v) is 7.57. The molecule has 0 amide bonds. The lowest BCUT2D eigenvalue weighted by Crippen LogP contribution is -2.65. The summed E-state index contributed by atoms with van der Waals surface area (Å²) in [5.74, 6) is 0. The molecule has 0 spiro atoms. The predicted octanol–water partition coefficient (Wildman–Crippen LogP) is 2.23. The summed E-state index contributed by atoms with van der Waals surface area (Å²) in [6, 6.07) is 1.09. The Morgan fingerprint density at radius 2 is 1.56 bits per heavy atom. The summed E-state index contributed by atoms with van der Waals surface area (Å²) < 4.78 is 18.5. The molecule has 0 radical (unpaired) electrons. The molecule has 3 nitrogen and oxygen atoms in total. The standard InChI is InChI=1S/C13H28O3Si.Al.3H/c1-5-13(14-6-2)11-9-10-12-17(13,15-7-3)16-8-4;;;;/h5-12H2,1-4H3;;;;. The van der Waals surface area contributed by atoms with Crippen molar-refractivity contribution in [3.8, 4) is 0 Å². The summed E-state index contributed by atoms with van der Waals surface area (Å²) in [4.78, 5) is 0. The molecule has 5 heteroatoms. The quantitative estimate of drug-likeness (QED) is 0.673. The lowest BCUT2D eigenvalue weighted by atomic mass is 10.1. The average Bonchev–Trinajstić information content (AvgIpc) is 2.33. The lowest BCUT2D eigenvalue weighted by Gasteiger charge is -2.49. The van der Waals surface area contributed by atoms with E-state index in [0.717, 1.165) is 38.7 Å². The average molecular weight is 290 g/mol. The second-order valence-corrected chi connectivity index (χ2v) is 8.10.